The molecule has 0 aliphatic carbocycles. The van der Waals surface area contributed by atoms with Crippen molar-refractivity contribution in [2.24, 2.45) is 0 Å². The van der Waals surface area contributed by atoms with E-state index in [2.05, 4.69) is 15.6 Å². The Hall–Kier alpha value is -4.63. The second kappa shape index (κ2) is 12.1. The number of rotatable bonds is 9. The summed E-state index contributed by atoms with van der Waals surface area (Å²) in [5.74, 6) is -0.140. The number of aliphatic hydroxyl groups is 1. The van der Waals surface area contributed by atoms with Crippen LogP contribution in [-0.4, -0.2) is 47.2 Å². The average molecular weight is 515 g/mol. The number of aliphatic hydroxyl groups excluding tert-OH is 1. The van der Waals surface area contributed by atoms with Gasteiger partial charge in [0.1, 0.15) is 12.7 Å². The number of aryl methyl sites for hydroxylation is 1. The van der Waals surface area contributed by atoms with E-state index in [4.69, 9.17) is 4.74 Å². The second-order valence-electron chi connectivity index (χ2n) is 9.00. The molecule has 9 nitrogen and oxygen atoms in total. The molecular weight excluding hydrogens is 484 g/mol. The molecule has 3 aromatic carbocycles. The molecule has 0 aliphatic rings. The van der Waals surface area contributed by atoms with Crippen molar-refractivity contribution >= 4 is 34.1 Å². The number of H-pyrrole nitrogens is 1. The lowest BCUT2D eigenvalue weighted by molar-refractivity contribution is -0.128. The van der Waals surface area contributed by atoms with Gasteiger partial charge in [0, 0.05) is 36.6 Å². The number of hydrogen-bond donors (Lipinski definition) is 4. The van der Waals surface area contributed by atoms with Crippen molar-refractivity contribution in [1.82, 2.24) is 9.88 Å². The summed E-state index contributed by atoms with van der Waals surface area (Å²) in [7, 11) is 1.70. The summed E-state index contributed by atoms with van der Waals surface area (Å²) in [6, 6.07) is 21.5. The fraction of sp³-hybridized carbons (Fsp3) is 0.207. The Morgan fingerprint density at radius 3 is 2.58 bits per heavy atom. The molecule has 0 radical (unpaired) electrons. The lowest BCUT2D eigenvalue weighted by Gasteiger charge is -2.20. The largest absolute Gasteiger partial charge is 0.446 e. The predicted octanol–water partition coefficient (Wildman–Crippen LogP) is 4.19. The lowest BCUT2D eigenvalue weighted by atomic mass is 10.1. The normalized spacial score (nSPS) is 11.6. The molecule has 0 bridgehead atoms. The third-order valence-corrected chi connectivity index (χ3v) is 6.20. The predicted molar refractivity (Wildman–Crippen MR) is 147 cm³/mol. The van der Waals surface area contributed by atoms with Crippen LogP contribution in [-0.2, 0) is 16.1 Å². The molecule has 4 rings (SSSR count). The summed E-state index contributed by atoms with van der Waals surface area (Å²) in [4.78, 5) is 41.3. The fourth-order valence-corrected chi connectivity index (χ4v) is 3.95. The molecule has 0 aliphatic heterocycles. The quantitative estimate of drug-likeness (QED) is 0.266. The minimum atomic E-state index is -0.918. The summed E-state index contributed by atoms with van der Waals surface area (Å²) < 4.78 is 5.17. The van der Waals surface area contributed by atoms with Crippen LogP contribution in [0, 0.1) is 6.92 Å². The van der Waals surface area contributed by atoms with E-state index in [1.807, 2.05) is 37.3 Å². The van der Waals surface area contributed by atoms with Crippen molar-refractivity contribution in [2.45, 2.75) is 19.6 Å². The van der Waals surface area contributed by atoms with Gasteiger partial charge >= 0.3 is 6.09 Å². The van der Waals surface area contributed by atoms with Gasteiger partial charge in [-0.2, -0.15) is 0 Å². The van der Waals surface area contributed by atoms with E-state index in [0.717, 1.165) is 16.5 Å². The topological polar surface area (TPSA) is 124 Å². The third kappa shape index (κ3) is 6.77. The van der Waals surface area contributed by atoms with E-state index < -0.39 is 12.2 Å². The van der Waals surface area contributed by atoms with Crippen LogP contribution < -0.4 is 16.2 Å². The number of amides is 2. The maximum absolute atomic E-state index is 12.8. The molecular formula is C29H30N4O5. The smallest absolute Gasteiger partial charge is 0.411 e. The first kappa shape index (κ1) is 26.4. The summed E-state index contributed by atoms with van der Waals surface area (Å²) in [6.45, 7) is 2.14. The Kier molecular flexibility index (Phi) is 8.40. The highest BCUT2D eigenvalue weighted by molar-refractivity contribution is 5.87. The van der Waals surface area contributed by atoms with Gasteiger partial charge in [0.25, 0.3) is 5.56 Å². The van der Waals surface area contributed by atoms with Gasteiger partial charge in [-0.3, -0.25) is 14.9 Å². The lowest BCUT2D eigenvalue weighted by Crippen LogP contribution is -2.32. The van der Waals surface area contributed by atoms with Crippen LogP contribution in [0.2, 0.25) is 0 Å². The molecule has 2 amide bonds. The molecule has 196 valence electrons. The maximum atomic E-state index is 12.8. The zero-order valence-electron chi connectivity index (χ0n) is 21.2. The van der Waals surface area contributed by atoms with Crippen molar-refractivity contribution in [3.05, 3.63) is 106 Å². The molecule has 1 atom stereocenters. The summed E-state index contributed by atoms with van der Waals surface area (Å²) >= 11 is 0. The van der Waals surface area contributed by atoms with Gasteiger partial charge in [-0.15, -0.1) is 0 Å². The Labute approximate surface area is 220 Å². The van der Waals surface area contributed by atoms with Gasteiger partial charge in [-0.25, -0.2) is 4.79 Å². The van der Waals surface area contributed by atoms with E-state index in [9.17, 15) is 19.5 Å². The number of anilines is 2. The average Bonchev–Trinajstić information content (AvgIpc) is 2.93. The highest BCUT2D eigenvalue weighted by atomic mass is 16.6. The van der Waals surface area contributed by atoms with Gasteiger partial charge in [-0.1, -0.05) is 42.5 Å². The Bertz CT molecular complexity index is 1490. The van der Waals surface area contributed by atoms with Crippen molar-refractivity contribution in [1.29, 1.82) is 0 Å². The van der Waals surface area contributed by atoms with Crippen LogP contribution in [0.1, 0.15) is 22.8 Å². The molecule has 0 fully saturated rings. The van der Waals surface area contributed by atoms with Crippen molar-refractivity contribution in [3.63, 3.8) is 0 Å². The van der Waals surface area contributed by atoms with E-state index in [1.165, 1.54) is 0 Å². The SMILES string of the molecule is Cc1ccc(NC(=O)OC[C@H](O)c2ccccc2)cc1CN(C)C(=O)CNc1ccc2cc[nH]c(=O)c2c1. The molecule has 0 unspecified atom stereocenters. The number of aromatic amines is 1. The van der Waals surface area contributed by atoms with Crippen molar-refractivity contribution < 1.29 is 19.4 Å². The molecule has 0 saturated heterocycles. The van der Waals surface area contributed by atoms with Crippen LogP contribution in [0.15, 0.2) is 83.8 Å². The van der Waals surface area contributed by atoms with Crippen LogP contribution in [0.5, 0.6) is 0 Å². The number of carbonyl (C=O) groups is 2. The fourth-order valence-electron chi connectivity index (χ4n) is 3.95. The van der Waals surface area contributed by atoms with Crippen LogP contribution in [0.4, 0.5) is 16.2 Å². The number of fused-ring (bicyclic) bond motifs is 1. The number of ether oxygens (including phenoxy) is 1. The van der Waals surface area contributed by atoms with Gasteiger partial charge < -0.3 is 25.0 Å². The molecule has 38 heavy (non-hydrogen) atoms. The van der Waals surface area contributed by atoms with Gasteiger partial charge in [0.2, 0.25) is 5.91 Å². The van der Waals surface area contributed by atoms with Crippen LogP contribution in [0.25, 0.3) is 10.8 Å². The van der Waals surface area contributed by atoms with Crippen LogP contribution >= 0.6 is 0 Å². The minimum absolute atomic E-state index is 0.0554. The van der Waals surface area contributed by atoms with Gasteiger partial charge in [0.15, 0.2) is 0 Å². The highest BCUT2D eigenvalue weighted by Crippen LogP contribution is 2.19. The molecule has 0 spiro atoms. The standard InChI is InChI=1S/C29H30N4O5/c1-19-8-10-24(32-29(37)38-18-26(34)21-6-4-3-5-7-21)14-22(19)17-33(2)27(35)16-31-23-11-9-20-12-13-30-28(36)25(20)15-23/h3-15,26,31,34H,16-18H2,1-2H3,(H,30,36)(H,32,37)/t26-/m0/s1. The molecule has 9 heteroatoms. The first-order valence-electron chi connectivity index (χ1n) is 12.2. The number of aromatic nitrogens is 1. The van der Waals surface area contributed by atoms with E-state index >= 15 is 0 Å². The first-order valence-corrected chi connectivity index (χ1v) is 12.2. The Morgan fingerprint density at radius 2 is 1.79 bits per heavy atom. The van der Waals surface area contributed by atoms with Crippen LogP contribution in [0.3, 0.4) is 0 Å². The Morgan fingerprint density at radius 1 is 1.03 bits per heavy atom. The number of likely N-dealkylation sites (N-methyl/N-ethyl adjacent to an activating group) is 1. The maximum Gasteiger partial charge on any atom is 0.411 e. The van der Waals surface area contributed by atoms with E-state index in [1.54, 1.807) is 60.6 Å². The number of nitrogens with one attached hydrogen (secondary N) is 3. The highest BCUT2D eigenvalue weighted by Gasteiger charge is 2.14. The zero-order chi connectivity index (χ0) is 27.1. The second-order valence-corrected chi connectivity index (χ2v) is 9.00. The van der Waals surface area contributed by atoms with Gasteiger partial charge in [-0.05, 0) is 59.3 Å². The third-order valence-electron chi connectivity index (χ3n) is 6.20. The van der Waals surface area contributed by atoms with Gasteiger partial charge in [0.05, 0.1) is 6.54 Å². The molecule has 4 aromatic rings. The minimum Gasteiger partial charge on any atom is -0.446 e. The van der Waals surface area contributed by atoms with E-state index in [-0.39, 0.29) is 24.6 Å². The molecule has 1 heterocycles. The molecule has 1 aromatic heterocycles. The zero-order valence-corrected chi connectivity index (χ0v) is 21.2. The Balaban J connectivity index is 1.31. The number of hydrogen-bond acceptors (Lipinski definition) is 6. The molecule has 0 saturated carbocycles. The summed E-state index contributed by atoms with van der Waals surface area (Å²) in [6.07, 6.45) is -0.000923. The first-order chi connectivity index (χ1) is 18.3. The van der Waals surface area contributed by atoms with Crippen molar-refractivity contribution in [3.8, 4) is 0 Å². The number of nitrogens with zero attached hydrogens (tertiary/aromatic N) is 1. The monoisotopic (exact) mass is 514 g/mol. The summed E-state index contributed by atoms with van der Waals surface area (Å²) in [5.41, 5.74) is 3.49. The number of carbonyl (C=O) groups excluding carboxylic acids is 2. The van der Waals surface area contributed by atoms with E-state index in [0.29, 0.717) is 28.9 Å². The van der Waals surface area contributed by atoms with Crippen molar-refractivity contribution in [2.75, 3.05) is 30.8 Å². The molecule has 4 N–H and O–H groups in total. The summed E-state index contributed by atoms with van der Waals surface area (Å²) in [5, 5.41) is 17.3. The number of pyridine rings is 1. The number of benzene rings is 3.